The topological polar surface area (TPSA) is 36.7 Å². The van der Waals surface area contributed by atoms with E-state index in [-0.39, 0.29) is 0 Å². The number of rotatable bonds is 6. The van der Waals surface area contributed by atoms with Crippen LogP contribution in [0, 0.1) is 0 Å². The van der Waals surface area contributed by atoms with Crippen molar-refractivity contribution in [3.05, 3.63) is 66.5 Å². The molecule has 1 aromatic heterocycles. The Labute approximate surface area is 136 Å². The van der Waals surface area contributed by atoms with E-state index in [0.717, 1.165) is 36.3 Å². The van der Waals surface area contributed by atoms with Gasteiger partial charge in [-0.3, -0.25) is 0 Å². The van der Waals surface area contributed by atoms with Crippen molar-refractivity contribution < 1.29 is 9.36 Å². The molecule has 3 aromatic rings. The van der Waals surface area contributed by atoms with E-state index >= 15 is 0 Å². The fourth-order valence-corrected chi connectivity index (χ4v) is 2.99. The van der Waals surface area contributed by atoms with Crippen LogP contribution in [0.1, 0.15) is 19.2 Å². The number of imidazole rings is 1. The van der Waals surface area contributed by atoms with Gasteiger partial charge in [0.15, 0.2) is 11.4 Å². The number of H-pyrrole nitrogens is 1. The summed E-state index contributed by atoms with van der Waals surface area (Å²) in [6.45, 7) is 3.00. The molecule has 3 rings (SSSR count). The molecule has 0 radical (unpaired) electrons. The predicted octanol–water partition coefficient (Wildman–Crippen LogP) is 3.79. The van der Waals surface area contributed by atoms with Crippen molar-refractivity contribution in [2.24, 2.45) is 0 Å². The average molecular weight is 305 g/mol. The van der Waals surface area contributed by atoms with Gasteiger partial charge in [-0.25, -0.2) is 9.55 Å². The van der Waals surface area contributed by atoms with Gasteiger partial charge in [0.2, 0.25) is 0 Å². The first-order chi connectivity index (χ1) is 11.3. The molecule has 23 heavy (non-hydrogen) atoms. The highest BCUT2D eigenvalue weighted by atomic mass is 16.1. The Morgan fingerprint density at radius 1 is 0.957 bits per heavy atom. The van der Waals surface area contributed by atoms with Gasteiger partial charge >= 0.3 is 0 Å². The average Bonchev–Trinajstić information content (AvgIpc) is 3.00. The molecule has 0 aliphatic carbocycles. The van der Waals surface area contributed by atoms with Gasteiger partial charge in [-0.2, -0.15) is 0 Å². The molecule has 0 saturated heterocycles. The van der Waals surface area contributed by atoms with Crippen LogP contribution in [0.3, 0.4) is 0 Å². The predicted molar refractivity (Wildman–Crippen MR) is 91.9 cm³/mol. The van der Waals surface area contributed by atoms with Crippen LogP contribution in [0.15, 0.2) is 60.7 Å². The molecule has 3 heteroatoms. The monoisotopic (exact) mass is 305 g/mol. The second kappa shape index (κ2) is 7.05. The van der Waals surface area contributed by atoms with Crippen LogP contribution in [-0.2, 0) is 17.8 Å². The number of carbonyl (C=O) groups is 1. The molecule has 0 amide bonds. The van der Waals surface area contributed by atoms with Crippen LogP contribution in [0.4, 0.5) is 0 Å². The number of aldehydes is 1. The molecular formula is C20H21N2O+. The first-order valence-corrected chi connectivity index (χ1v) is 8.04. The largest absolute Gasteiger partial charge is 0.303 e. The summed E-state index contributed by atoms with van der Waals surface area (Å²) < 4.78 is 2.28. The maximum Gasteiger partial charge on any atom is 0.255 e. The van der Waals surface area contributed by atoms with Gasteiger partial charge in [-0.05, 0) is 6.92 Å². The second-order valence-electron chi connectivity index (χ2n) is 5.48. The first-order valence-electron chi connectivity index (χ1n) is 8.04. The smallest absolute Gasteiger partial charge is 0.255 e. The molecule has 1 N–H and O–H groups in total. The molecule has 3 nitrogen and oxygen atoms in total. The highest BCUT2D eigenvalue weighted by Crippen LogP contribution is 2.29. The van der Waals surface area contributed by atoms with Gasteiger partial charge in [0.25, 0.3) is 5.82 Å². The Bertz CT molecular complexity index is 776. The highest BCUT2D eigenvalue weighted by Gasteiger charge is 2.25. The van der Waals surface area contributed by atoms with Gasteiger partial charge in [0, 0.05) is 17.5 Å². The molecule has 0 unspecified atom stereocenters. The number of carbonyl (C=O) groups excluding carboxylic acids is 1. The Morgan fingerprint density at radius 3 is 2.13 bits per heavy atom. The summed E-state index contributed by atoms with van der Waals surface area (Å²) in [6.07, 6.45) is 2.23. The van der Waals surface area contributed by atoms with Crippen molar-refractivity contribution in [1.29, 1.82) is 0 Å². The maximum atomic E-state index is 10.8. The summed E-state index contributed by atoms with van der Waals surface area (Å²) in [6, 6.07) is 20.8. The van der Waals surface area contributed by atoms with Gasteiger partial charge in [0.1, 0.15) is 6.29 Å². The van der Waals surface area contributed by atoms with Crippen molar-refractivity contribution >= 4 is 6.29 Å². The van der Waals surface area contributed by atoms with E-state index < -0.39 is 0 Å². The molecule has 0 spiro atoms. The molecule has 0 saturated carbocycles. The Balaban J connectivity index is 2.21. The minimum absolute atomic E-state index is 0.531. The van der Waals surface area contributed by atoms with E-state index in [9.17, 15) is 4.79 Å². The maximum absolute atomic E-state index is 10.8. The lowest BCUT2D eigenvalue weighted by Gasteiger charge is -2.04. The first kappa shape index (κ1) is 15.2. The number of nitrogens with one attached hydrogen (secondary N) is 1. The molecule has 0 aliphatic rings. The zero-order chi connectivity index (χ0) is 16.1. The zero-order valence-corrected chi connectivity index (χ0v) is 13.3. The number of hydrogen-bond acceptors (Lipinski definition) is 1. The SMILES string of the molecule is CC[n+]1c(CCC=O)[nH]c(-c2ccccc2)c1-c1ccccc1. The summed E-state index contributed by atoms with van der Waals surface area (Å²) in [5.41, 5.74) is 4.63. The van der Waals surface area contributed by atoms with Crippen LogP contribution in [0.25, 0.3) is 22.5 Å². The summed E-state index contributed by atoms with van der Waals surface area (Å²) in [7, 11) is 0. The van der Waals surface area contributed by atoms with Crippen LogP contribution >= 0.6 is 0 Å². The molecule has 0 aliphatic heterocycles. The fraction of sp³-hybridized carbons (Fsp3) is 0.200. The van der Waals surface area contributed by atoms with Crippen molar-refractivity contribution in [2.45, 2.75) is 26.3 Å². The third-order valence-corrected chi connectivity index (χ3v) is 4.03. The van der Waals surface area contributed by atoms with Crippen LogP contribution in [0.2, 0.25) is 0 Å². The standard InChI is InChI=1S/C20H20N2O/c1-2-22-18(14-9-15-23)21-19(16-10-5-3-6-11-16)20(22)17-12-7-4-8-13-17/h3-8,10-13,15H,2,9,14H2,1H3/p+1. The van der Waals surface area contributed by atoms with E-state index in [0.29, 0.717) is 6.42 Å². The lowest BCUT2D eigenvalue weighted by molar-refractivity contribution is -0.689. The minimum atomic E-state index is 0.531. The number of aryl methyl sites for hydroxylation is 1. The number of aromatic nitrogens is 2. The van der Waals surface area contributed by atoms with Crippen molar-refractivity contribution in [3.8, 4) is 22.5 Å². The van der Waals surface area contributed by atoms with Gasteiger partial charge in [-0.15, -0.1) is 0 Å². The van der Waals surface area contributed by atoms with E-state index in [2.05, 4.69) is 52.9 Å². The Hall–Kier alpha value is -2.68. The van der Waals surface area contributed by atoms with E-state index in [1.807, 2.05) is 24.3 Å². The third kappa shape index (κ3) is 3.09. The van der Waals surface area contributed by atoms with Crippen LogP contribution < -0.4 is 4.57 Å². The van der Waals surface area contributed by atoms with E-state index in [1.165, 1.54) is 11.3 Å². The third-order valence-electron chi connectivity index (χ3n) is 4.03. The molecule has 116 valence electrons. The van der Waals surface area contributed by atoms with Crippen LogP contribution in [-0.4, -0.2) is 11.3 Å². The zero-order valence-electron chi connectivity index (χ0n) is 13.3. The van der Waals surface area contributed by atoms with Crippen molar-refractivity contribution in [1.82, 2.24) is 4.98 Å². The fourth-order valence-electron chi connectivity index (χ4n) is 2.99. The number of hydrogen-bond donors (Lipinski definition) is 1. The molecule has 0 fully saturated rings. The van der Waals surface area contributed by atoms with Crippen molar-refractivity contribution in [3.63, 3.8) is 0 Å². The summed E-state index contributed by atoms with van der Waals surface area (Å²) in [4.78, 5) is 14.3. The minimum Gasteiger partial charge on any atom is -0.303 e. The van der Waals surface area contributed by atoms with E-state index in [4.69, 9.17) is 0 Å². The Kier molecular flexibility index (Phi) is 4.67. The normalized spacial score (nSPS) is 10.7. The highest BCUT2D eigenvalue weighted by molar-refractivity contribution is 5.76. The number of benzene rings is 2. The summed E-state index contributed by atoms with van der Waals surface area (Å²) in [5.74, 6) is 1.09. The summed E-state index contributed by atoms with van der Waals surface area (Å²) in [5, 5.41) is 0. The molecule has 2 aromatic carbocycles. The number of nitrogens with zero attached hydrogens (tertiary/aromatic N) is 1. The quantitative estimate of drug-likeness (QED) is 0.546. The Morgan fingerprint density at radius 2 is 1.57 bits per heavy atom. The molecular weight excluding hydrogens is 284 g/mol. The lowest BCUT2D eigenvalue weighted by atomic mass is 10.0. The molecule has 0 bridgehead atoms. The van der Waals surface area contributed by atoms with Gasteiger partial charge < -0.3 is 4.79 Å². The summed E-state index contributed by atoms with van der Waals surface area (Å²) >= 11 is 0. The molecule has 1 heterocycles. The van der Waals surface area contributed by atoms with E-state index in [1.54, 1.807) is 0 Å². The van der Waals surface area contributed by atoms with Gasteiger partial charge in [-0.1, -0.05) is 60.7 Å². The number of aromatic amines is 1. The second-order valence-corrected chi connectivity index (χ2v) is 5.48. The lowest BCUT2D eigenvalue weighted by Crippen LogP contribution is -2.37. The molecule has 0 atom stereocenters. The van der Waals surface area contributed by atoms with Crippen LogP contribution in [0.5, 0.6) is 0 Å². The van der Waals surface area contributed by atoms with Crippen molar-refractivity contribution in [2.75, 3.05) is 0 Å². The van der Waals surface area contributed by atoms with Gasteiger partial charge in [0.05, 0.1) is 13.0 Å².